The molecule has 1 aliphatic rings. The molecule has 2 heteroatoms. The number of hydrogen-bond acceptors (Lipinski definition) is 2. The van der Waals surface area contributed by atoms with Crippen LogP contribution >= 0.6 is 0 Å². The summed E-state index contributed by atoms with van der Waals surface area (Å²) in [5, 5.41) is 3.56. The number of nitrogens with zero attached hydrogens (tertiary/aromatic N) is 1. The third kappa shape index (κ3) is 4.98. The lowest BCUT2D eigenvalue weighted by Crippen LogP contribution is -2.42. The third-order valence-corrected chi connectivity index (χ3v) is 3.44. The number of rotatable bonds is 6. The van der Waals surface area contributed by atoms with Gasteiger partial charge in [-0.05, 0) is 45.3 Å². The van der Waals surface area contributed by atoms with Crippen LogP contribution < -0.4 is 5.32 Å². The van der Waals surface area contributed by atoms with Gasteiger partial charge in [0.2, 0.25) is 0 Å². The Morgan fingerprint density at radius 1 is 1.07 bits per heavy atom. The number of likely N-dealkylation sites (tertiary alicyclic amines) is 1. The summed E-state index contributed by atoms with van der Waals surface area (Å²) in [6.45, 7) is 9.57. The van der Waals surface area contributed by atoms with E-state index in [0.717, 1.165) is 6.04 Å². The highest BCUT2D eigenvalue weighted by Gasteiger charge is 2.17. The number of nitrogens with one attached hydrogen (secondary N) is 1. The van der Waals surface area contributed by atoms with Gasteiger partial charge in [-0.25, -0.2) is 0 Å². The van der Waals surface area contributed by atoms with E-state index in [1.165, 1.54) is 64.7 Å². The lowest BCUT2D eigenvalue weighted by molar-refractivity contribution is 0.193. The molecule has 1 heterocycles. The van der Waals surface area contributed by atoms with E-state index in [9.17, 15) is 0 Å². The van der Waals surface area contributed by atoms with Gasteiger partial charge in [0.05, 0.1) is 0 Å². The summed E-state index contributed by atoms with van der Waals surface area (Å²) in [5.41, 5.74) is 0. The Hall–Kier alpha value is -0.0800. The van der Waals surface area contributed by atoms with Crippen LogP contribution in [0.25, 0.3) is 0 Å². The first-order chi connectivity index (χ1) is 7.38. The van der Waals surface area contributed by atoms with Crippen molar-refractivity contribution in [2.45, 2.75) is 58.4 Å². The molecule has 1 saturated heterocycles. The van der Waals surface area contributed by atoms with E-state index in [2.05, 4.69) is 24.1 Å². The van der Waals surface area contributed by atoms with Gasteiger partial charge in [-0.2, -0.15) is 0 Å². The van der Waals surface area contributed by atoms with Crippen LogP contribution in [-0.4, -0.2) is 37.1 Å². The van der Waals surface area contributed by atoms with E-state index >= 15 is 0 Å². The molecule has 1 aliphatic heterocycles. The normalized spacial score (nSPS) is 21.2. The first-order valence-corrected chi connectivity index (χ1v) is 6.83. The van der Waals surface area contributed by atoms with Crippen molar-refractivity contribution < 1.29 is 0 Å². The largest absolute Gasteiger partial charge is 0.315 e. The Balaban J connectivity index is 2.27. The van der Waals surface area contributed by atoms with Gasteiger partial charge in [-0.15, -0.1) is 0 Å². The minimum Gasteiger partial charge on any atom is -0.315 e. The molecule has 15 heavy (non-hydrogen) atoms. The molecule has 0 radical (unpaired) electrons. The van der Waals surface area contributed by atoms with Crippen LogP contribution in [0.3, 0.4) is 0 Å². The molecule has 0 aromatic heterocycles. The van der Waals surface area contributed by atoms with Crippen molar-refractivity contribution in [2.24, 2.45) is 0 Å². The van der Waals surface area contributed by atoms with E-state index in [-0.39, 0.29) is 0 Å². The topological polar surface area (TPSA) is 15.3 Å². The zero-order chi connectivity index (χ0) is 10.9. The molecular weight excluding hydrogens is 184 g/mol. The minimum atomic E-state index is 0.773. The summed E-state index contributed by atoms with van der Waals surface area (Å²) in [4.78, 5) is 2.70. The van der Waals surface area contributed by atoms with Crippen LogP contribution in [0.15, 0.2) is 0 Å². The van der Waals surface area contributed by atoms with Gasteiger partial charge in [0.25, 0.3) is 0 Å². The Labute approximate surface area is 95.4 Å². The highest BCUT2D eigenvalue weighted by Crippen LogP contribution is 2.13. The van der Waals surface area contributed by atoms with Crippen LogP contribution in [0, 0.1) is 0 Å². The molecule has 0 aromatic rings. The van der Waals surface area contributed by atoms with Crippen LogP contribution in [0.1, 0.15) is 52.4 Å². The van der Waals surface area contributed by atoms with Crippen LogP contribution in [0.4, 0.5) is 0 Å². The summed E-state index contributed by atoms with van der Waals surface area (Å²) in [5.74, 6) is 0. The molecule has 2 nitrogen and oxygen atoms in total. The molecule has 1 fully saturated rings. The van der Waals surface area contributed by atoms with Crippen LogP contribution in [0.2, 0.25) is 0 Å². The van der Waals surface area contributed by atoms with Crippen molar-refractivity contribution in [1.82, 2.24) is 10.2 Å². The standard InChI is InChI=1S/C13H28N2/c1-3-9-14-12-13(4-2)15-10-7-5-6-8-11-15/h13-14H,3-12H2,1-2H3. The van der Waals surface area contributed by atoms with Gasteiger partial charge in [0.15, 0.2) is 0 Å². The van der Waals surface area contributed by atoms with Crippen molar-refractivity contribution >= 4 is 0 Å². The lowest BCUT2D eigenvalue weighted by atomic mass is 10.1. The maximum Gasteiger partial charge on any atom is 0.0218 e. The van der Waals surface area contributed by atoms with Gasteiger partial charge in [-0.1, -0.05) is 26.7 Å². The molecule has 1 atom stereocenters. The third-order valence-electron chi connectivity index (χ3n) is 3.44. The summed E-state index contributed by atoms with van der Waals surface area (Å²) in [7, 11) is 0. The second kappa shape index (κ2) is 8.12. The number of hydrogen-bond donors (Lipinski definition) is 1. The highest BCUT2D eigenvalue weighted by atomic mass is 15.2. The van der Waals surface area contributed by atoms with Crippen molar-refractivity contribution in [2.75, 3.05) is 26.2 Å². The minimum absolute atomic E-state index is 0.773. The van der Waals surface area contributed by atoms with E-state index in [1.807, 2.05) is 0 Å². The summed E-state index contributed by atoms with van der Waals surface area (Å²) in [6.07, 6.45) is 8.23. The molecule has 0 aromatic carbocycles. The molecule has 1 unspecified atom stereocenters. The Morgan fingerprint density at radius 3 is 2.27 bits per heavy atom. The average molecular weight is 212 g/mol. The van der Waals surface area contributed by atoms with Gasteiger partial charge in [-0.3, -0.25) is 4.90 Å². The van der Waals surface area contributed by atoms with Gasteiger partial charge in [0.1, 0.15) is 0 Å². The van der Waals surface area contributed by atoms with Crippen LogP contribution in [0.5, 0.6) is 0 Å². The zero-order valence-electron chi connectivity index (χ0n) is 10.6. The van der Waals surface area contributed by atoms with Crippen molar-refractivity contribution in [3.05, 3.63) is 0 Å². The maximum absolute atomic E-state index is 3.56. The van der Waals surface area contributed by atoms with Crippen LogP contribution in [-0.2, 0) is 0 Å². The molecule has 1 rings (SSSR count). The Kier molecular flexibility index (Phi) is 7.03. The molecule has 0 bridgehead atoms. The Bertz CT molecular complexity index is 139. The predicted octanol–water partition coefficient (Wildman–Crippen LogP) is 2.64. The summed E-state index contributed by atoms with van der Waals surface area (Å²) >= 11 is 0. The molecule has 0 saturated carbocycles. The zero-order valence-corrected chi connectivity index (χ0v) is 10.6. The molecule has 0 aliphatic carbocycles. The summed E-state index contributed by atoms with van der Waals surface area (Å²) in [6, 6.07) is 0.773. The fourth-order valence-electron chi connectivity index (χ4n) is 2.44. The molecular formula is C13H28N2. The van der Waals surface area contributed by atoms with Crippen molar-refractivity contribution in [3.63, 3.8) is 0 Å². The fourth-order valence-corrected chi connectivity index (χ4v) is 2.44. The molecule has 1 N–H and O–H groups in total. The Morgan fingerprint density at radius 2 is 1.73 bits per heavy atom. The second-order valence-corrected chi connectivity index (χ2v) is 4.72. The smallest absolute Gasteiger partial charge is 0.0218 e. The predicted molar refractivity (Wildman–Crippen MR) is 67.3 cm³/mol. The average Bonchev–Trinajstić information content (AvgIpc) is 2.53. The van der Waals surface area contributed by atoms with Crippen molar-refractivity contribution in [3.8, 4) is 0 Å². The molecule has 0 spiro atoms. The van der Waals surface area contributed by atoms with E-state index in [4.69, 9.17) is 0 Å². The first kappa shape index (κ1) is 13.0. The fraction of sp³-hybridized carbons (Fsp3) is 1.00. The monoisotopic (exact) mass is 212 g/mol. The highest BCUT2D eigenvalue weighted by molar-refractivity contribution is 4.74. The second-order valence-electron chi connectivity index (χ2n) is 4.72. The van der Waals surface area contributed by atoms with E-state index in [0.29, 0.717) is 0 Å². The molecule has 90 valence electrons. The van der Waals surface area contributed by atoms with E-state index in [1.54, 1.807) is 0 Å². The quantitative estimate of drug-likeness (QED) is 0.681. The van der Waals surface area contributed by atoms with Gasteiger partial charge < -0.3 is 5.32 Å². The lowest BCUT2D eigenvalue weighted by Gasteiger charge is -2.30. The molecule has 0 amide bonds. The van der Waals surface area contributed by atoms with Crippen molar-refractivity contribution in [1.29, 1.82) is 0 Å². The van der Waals surface area contributed by atoms with Gasteiger partial charge >= 0.3 is 0 Å². The summed E-state index contributed by atoms with van der Waals surface area (Å²) < 4.78 is 0. The SMILES string of the molecule is CCCNCC(CC)N1CCCCCC1. The van der Waals surface area contributed by atoms with Gasteiger partial charge in [0, 0.05) is 12.6 Å². The maximum atomic E-state index is 3.56. The first-order valence-electron chi connectivity index (χ1n) is 6.83. The van der Waals surface area contributed by atoms with E-state index < -0.39 is 0 Å².